The third-order valence-corrected chi connectivity index (χ3v) is 5.40. The van der Waals surface area contributed by atoms with Crippen molar-refractivity contribution in [1.82, 2.24) is 30.0 Å². The minimum absolute atomic E-state index is 0.0747. The highest BCUT2D eigenvalue weighted by atomic mass is 16.2. The summed E-state index contributed by atoms with van der Waals surface area (Å²) in [7, 11) is 0. The van der Waals surface area contributed by atoms with Crippen LogP contribution in [0, 0.1) is 0 Å². The van der Waals surface area contributed by atoms with Crippen molar-refractivity contribution in [1.29, 1.82) is 0 Å². The van der Waals surface area contributed by atoms with Gasteiger partial charge >= 0.3 is 0 Å². The molecule has 0 spiro atoms. The number of hydrogen-bond donors (Lipinski definition) is 0. The molecule has 4 rings (SSSR count). The highest BCUT2D eigenvalue weighted by molar-refractivity contribution is 5.80. The number of rotatable bonds is 7. The van der Waals surface area contributed by atoms with Gasteiger partial charge in [0.15, 0.2) is 0 Å². The van der Waals surface area contributed by atoms with Crippen molar-refractivity contribution in [2.75, 3.05) is 32.7 Å². The third kappa shape index (κ3) is 5.18. The van der Waals surface area contributed by atoms with Crippen molar-refractivity contribution in [3.63, 3.8) is 0 Å². The maximum Gasteiger partial charge on any atom is 0.248 e. The fraction of sp³-hybridized carbons (Fsp3) is 0.304. The molecule has 0 N–H and O–H groups in total. The summed E-state index contributed by atoms with van der Waals surface area (Å²) in [5.41, 5.74) is 2.30. The second-order valence-electron chi connectivity index (χ2n) is 7.43. The zero-order valence-corrected chi connectivity index (χ0v) is 16.9. The van der Waals surface area contributed by atoms with E-state index in [4.69, 9.17) is 0 Å². The van der Waals surface area contributed by atoms with E-state index in [0.29, 0.717) is 19.5 Å². The Morgan fingerprint density at radius 2 is 1.67 bits per heavy atom. The first kappa shape index (κ1) is 20.0. The summed E-state index contributed by atoms with van der Waals surface area (Å²) < 4.78 is 1.57. The monoisotopic (exact) mass is 402 g/mol. The molecule has 2 heterocycles. The minimum Gasteiger partial charge on any atom is -0.338 e. The van der Waals surface area contributed by atoms with Gasteiger partial charge in [0.2, 0.25) is 5.91 Å². The van der Waals surface area contributed by atoms with Crippen LogP contribution in [-0.2, 0) is 11.2 Å². The van der Waals surface area contributed by atoms with E-state index in [1.807, 2.05) is 53.4 Å². The smallest absolute Gasteiger partial charge is 0.248 e. The quantitative estimate of drug-likeness (QED) is 0.607. The SMILES string of the molecule is O=C(C(Cc1ccccc1)n1cnnn1)N1CCN(C/C=C/c2ccccc2)CC1. The van der Waals surface area contributed by atoms with Gasteiger partial charge in [0.25, 0.3) is 0 Å². The van der Waals surface area contributed by atoms with Gasteiger partial charge in [-0.25, -0.2) is 4.68 Å². The van der Waals surface area contributed by atoms with E-state index in [0.717, 1.165) is 25.2 Å². The van der Waals surface area contributed by atoms with Crippen LogP contribution in [0.3, 0.4) is 0 Å². The highest BCUT2D eigenvalue weighted by Gasteiger charge is 2.29. The topological polar surface area (TPSA) is 67.2 Å². The van der Waals surface area contributed by atoms with Gasteiger partial charge in [-0.1, -0.05) is 72.8 Å². The van der Waals surface area contributed by atoms with Gasteiger partial charge < -0.3 is 4.90 Å². The molecular formula is C23H26N6O. The van der Waals surface area contributed by atoms with E-state index in [2.05, 4.69) is 44.7 Å². The van der Waals surface area contributed by atoms with Crippen LogP contribution in [0.4, 0.5) is 0 Å². The molecule has 7 nitrogen and oxygen atoms in total. The average molecular weight is 403 g/mol. The first-order valence-electron chi connectivity index (χ1n) is 10.3. The van der Waals surface area contributed by atoms with Crippen LogP contribution in [-0.4, -0.2) is 68.6 Å². The van der Waals surface area contributed by atoms with Crippen LogP contribution in [0.1, 0.15) is 17.2 Å². The maximum atomic E-state index is 13.3. The number of benzene rings is 2. The van der Waals surface area contributed by atoms with E-state index in [-0.39, 0.29) is 5.91 Å². The second kappa shape index (κ2) is 9.93. The van der Waals surface area contributed by atoms with Crippen molar-refractivity contribution < 1.29 is 4.79 Å². The second-order valence-corrected chi connectivity index (χ2v) is 7.43. The Hall–Kier alpha value is -3.32. The van der Waals surface area contributed by atoms with Crippen LogP contribution >= 0.6 is 0 Å². The number of carbonyl (C=O) groups excluding carboxylic acids is 1. The number of piperazine rings is 1. The summed E-state index contributed by atoms with van der Waals surface area (Å²) in [6.07, 6.45) is 6.43. The molecule has 0 radical (unpaired) electrons. The highest BCUT2D eigenvalue weighted by Crippen LogP contribution is 2.17. The predicted molar refractivity (Wildman–Crippen MR) is 115 cm³/mol. The van der Waals surface area contributed by atoms with E-state index in [1.54, 1.807) is 4.68 Å². The van der Waals surface area contributed by atoms with Gasteiger partial charge in [0, 0.05) is 39.1 Å². The molecule has 0 saturated carbocycles. The van der Waals surface area contributed by atoms with Gasteiger partial charge in [-0.2, -0.15) is 0 Å². The zero-order valence-electron chi connectivity index (χ0n) is 16.9. The molecular weight excluding hydrogens is 376 g/mol. The summed E-state index contributed by atoms with van der Waals surface area (Å²) in [5, 5.41) is 11.5. The van der Waals surface area contributed by atoms with Crippen molar-refractivity contribution in [3.8, 4) is 0 Å². The van der Waals surface area contributed by atoms with Gasteiger partial charge in [-0.3, -0.25) is 9.69 Å². The normalized spacial score (nSPS) is 16.1. The number of aromatic nitrogens is 4. The van der Waals surface area contributed by atoms with Crippen molar-refractivity contribution in [3.05, 3.63) is 84.2 Å². The standard InChI is InChI=1S/C23H26N6O/c30-23(22(29-19-24-25-26-29)18-21-10-5-2-6-11-21)28-16-14-27(15-17-28)13-7-12-20-8-3-1-4-9-20/h1-12,19,22H,13-18H2/b12-7+. The molecule has 7 heteroatoms. The molecule has 1 aliphatic heterocycles. The molecule has 1 atom stereocenters. The van der Waals surface area contributed by atoms with Crippen LogP contribution in [0.2, 0.25) is 0 Å². The lowest BCUT2D eigenvalue weighted by molar-refractivity contribution is -0.136. The molecule has 1 unspecified atom stereocenters. The number of tetrazole rings is 1. The van der Waals surface area contributed by atoms with E-state index in [9.17, 15) is 4.79 Å². The van der Waals surface area contributed by atoms with Gasteiger partial charge in [-0.15, -0.1) is 5.10 Å². The predicted octanol–water partition coefficient (Wildman–Crippen LogP) is 2.31. The average Bonchev–Trinajstić information content (AvgIpc) is 3.34. The Kier molecular flexibility index (Phi) is 6.61. The fourth-order valence-corrected chi connectivity index (χ4v) is 3.71. The van der Waals surface area contributed by atoms with Crippen molar-refractivity contribution in [2.24, 2.45) is 0 Å². The Morgan fingerprint density at radius 1 is 0.967 bits per heavy atom. The molecule has 3 aromatic rings. The van der Waals surface area contributed by atoms with E-state index >= 15 is 0 Å². The number of nitrogens with zero attached hydrogens (tertiary/aromatic N) is 6. The maximum absolute atomic E-state index is 13.3. The molecule has 1 aliphatic rings. The van der Waals surface area contributed by atoms with E-state index in [1.165, 1.54) is 11.9 Å². The molecule has 0 aliphatic carbocycles. The molecule has 1 amide bonds. The fourth-order valence-electron chi connectivity index (χ4n) is 3.71. The first-order chi connectivity index (χ1) is 14.8. The summed E-state index contributed by atoms with van der Waals surface area (Å²) >= 11 is 0. The summed E-state index contributed by atoms with van der Waals surface area (Å²) in [6, 6.07) is 19.9. The lowest BCUT2D eigenvalue weighted by atomic mass is 10.0. The Labute approximate surface area is 176 Å². The number of hydrogen-bond acceptors (Lipinski definition) is 5. The van der Waals surface area contributed by atoms with Crippen LogP contribution in [0.5, 0.6) is 0 Å². The summed E-state index contributed by atoms with van der Waals surface area (Å²) in [4.78, 5) is 17.6. The molecule has 0 bridgehead atoms. The largest absolute Gasteiger partial charge is 0.338 e. The Bertz CT molecular complexity index is 934. The minimum atomic E-state index is -0.424. The summed E-state index contributed by atoms with van der Waals surface area (Å²) in [6.45, 7) is 4.03. The third-order valence-electron chi connectivity index (χ3n) is 5.40. The van der Waals surface area contributed by atoms with E-state index < -0.39 is 6.04 Å². The molecule has 1 saturated heterocycles. The lowest BCUT2D eigenvalue weighted by Crippen LogP contribution is -2.50. The molecule has 1 aromatic heterocycles. The lowest BCUT2D eigenvalue weighted by Gasteiger charge is -2.35. The molecule has 30 heavy (non-hydrogen) atoms. The molecule has 2 aromatic carbocycles. The van der Waals surface area contributed by atoms with Crippen LogP contribution in [0.25, 0.3) is 6.08 Å². The number of carbonyl (C=O) groups is 1. The van der Waals surface area contributed by atoms with Gasteiger partial charge in [0.1, 0.15) is 12.4 Å². The van der Waals surface area contributed by atoms with Crippen molar-refractivity contribution >= 4 is 12.0 Å². The Balaban J connectivity index is 1.34. The zero-order chi connectivity index (χ0) is 20.6. The Morgan fingerprint density at radius 3 is 2.33 bits per heavy atom. The summed E-state index contributed by atoms with van der Waals surface area (Å²) in [5.74, 6) is 0.0747. The molecule has 1 fully saturated rings. The van der Waals surface area contributed by atoms with Crippen molar-refractivity contribution in [2.45, 2.75) is 12.5 Å². The van der Waals surface area contributed by atoms with Crippen LogP contribution in [0.15, 0.2) is 73.1 Å². The van der Waals surface area contributed by atoms with Gasteiger partial charge in [0.05, 0.1) is 0 Å². The molecule has 154 valence electrons. The van der Waals surface area contributed by atoms with Gasteiger partial charge in [-0.05, 0) is 21.6 Å². The first-order valence-corrected chi connectivity index (χ1v) is 10.3. The van der Waals surface area contributed by atoms with Crippen LogP contribution < -0.4 is 0 Å². The number of amides is 1.